The normalized spacial score (nSPS) is 25.4. The lowest BCUT2D eigenvalue weighted by Crippen LogP contribution is -2.56. The van der Waals surface area contributed by atoms with Crippen LogP contribution in [-0.2, 0) is 21.0 Å². The topological polar surface area (TPSA) is 60.9 Å². The maximum Gasteiger partial charge on any atom is 0.416 e. The molecule has 0 bridgehead atoms. The summed E-state index contributed by atoms with van der Waals surface area (Å²) in [4.78, 5) is 16.7. The van der Waals surface area contributed by atoms with Crippen molar-refractivity contribution < 1.29 is 26.4 Å². The summed E-state index contributed by atoms with van der Waals surface area (Å²) >= 11 is 0. The van der Waals surface area contributed by atoms with Crippen molar-refractivity contribution in [2.45, 2.75) is 44.3 Å². The number of piperazine rings is 1. The quantitative estimate of drug-likeness (QED) is 0.692. The molecule has 3 rings (SSSR count). The van der Waals surface area contributed by atoms with Gasteiger partial charge in [0.05, 0.1) is 16.5 Å². The first-order chi connectivity index (χ1) is 14.4. The molecule has 0 aliphatic carbocycles. The Hall–Kier alpha value is -1.65. The Bertz CT molecular complexity index is 871. The number of benzene rings is 1. The highest BCUT2D eigenvalue weighted by Crippen LogP contribution is 2.30. The van der Waals surface area contributed by atoms with Crippen LogP contribution in [0.3, 0.4) is 0 Å². The second kappa shape index (κ2) is 9.07. The van der Waals surface area contributed by atoms with Gasteiger partial charge >= 0.3 is 6.18 Å². The van der Waals surface area contributed by atoms with Crippen molar-refractivity contribution in [2.24, 2.45) is 11.8 Å². The first kappa shape index (κ1) is 24.0. The summed E-state index contributed by atoms with van der Waals surface area (Å²) in [6.45, 7) is 8.80. The molecular formula is C21H30F3N3O3S. The molecule has 2 aliphatic rings. The Morgan fingerprint density at radius 3 is 2.00 bits per heavy atom. The van der Waals surface area contributed by atoms with E-state index in [9.17, 15) is 26.4 Å². The van der Waals surface area contributed by atoms with Crippen LogP contribution in [0.1, 0.15) is 32.8 Å². The number of alkyl halides is 3. The van der Waals surface area contributed by atoms with E-state index in [4.69, 9.17) is 0 Å². The number of nitrogens with zero attached hydrogens (tertiary/aromatic N) is 3. The Labute approximate surface area is 182 Å². The lowest BCUT2D eigenvalue weighted by molar-refractivity contribution is -0.139. The van der Waals surface area contributed by atoms with Gasteiger partial charge in [-0.15, -0.1) is 0 Å². The molecule has 1 aromatic carbocycles. The number of carbonyl (C=O) groups excluding carboxylic acids is 1. The molecule has 1 aromatic rings. The van der Waals surface area contributed by atoms with E-state index in [-0.39, 0.29) is 29.9 Å². The van der Waals surface area contributed by atoms with Crippen molar-refractivity contribution in [3.8, 4) is 0 Å². The van der Waals surface area contributed by atoms with Crippen LogP contribution in [0.2, 0.25) is 0 Å². The minimum absolute atomic E-state index is 0.0671. The average Bonchev–Trinajstić information content (AvgIpc) is 2.71. The molecule has 0 radical (unpaired) electrons. The number of hydrogen-bond acceptors (Lipinski definition) is 4. The average molecular weight is 462 g/mol. The van der Waals surface area contributed by atoms with E-state index < -0.39 is 21.8 Å². The van der Waals surface area contributed by atoms with Crippen LogP contribution < -0.4 is 0 Å². The zero-order chi connectivity index (χ0) is 23.0. The second-order valence-electron chi connectivity index (χ2n) is 8.83. The molecule has 2 aliphatic heterocycles. The van der Waals surface area contributed by atoms with Gasteiger partial charge in [0.15, 0.2) is 0 Å². The van der Waals surface area contributed by atoms with Crippen LogP contribution in [0.5, 0.6) is 0 Å². The van der Waals surface area contributed by atoms with Crippen molar-refractivity contribution >= 4 is 15.9 Å². The van der Waals surface area contributed by atoms with Gasteiger partial charge in [0, 0.05) is 39.3 Å². The monoisotopic (exact) mass is 461 g/mol. The van der Waals surface area contributed by atoms with E-state index in [0.29, 0.717) is 24.9 Å². The summed E-state index contributed by atoms with van der Waals surface area (Å²) in [5, 5.41) is 0. The highest BCUT2D eigenvalue weighted by molar-refractivity contribution is 7.89. The number of piperidine rings is 1. The number of rotatable bonds is 4. The number of halogens is 3. The summed E-state index contributed by atoms with van der Waals surface area (Å²) in [6, 6.07) is 3.22. The Morgan fingerprint density at radius 1 is 1.00 bits per heavy atom. The van der Waals surface area contributed by atoms with Gasteiger partial charge in [-0.25, -0.2) is 8.42 Å². The van der Waals surface area contributed by atoms with Crippen LogP contribution in [0, 0.1) is 11.8 Å². The zero-order valence-corrected chi connectivity index (χ0v) is 18.9. The van der Waals surface area contributed by atoms with Gasteiger partial charge in [-0.2, -0.15) is 17.5 Å². The number of sulfonamides is 1. The highest BCUT2D eigenvalue weighted by atomic mass is 32.2. The summed E-state index contributed by atoms with van der Waals surface area (Å²) in [5.74, 6) is 0.994. The molecule has 31 heavy (non-hydrogen) atoms. The molecule has 2 saturated heterocycles. The molecular weight excluding hydrogens is 431 g/mol. The molecule has 6 nitrogen and oxygen atoms in total. The summed E-state index contributed by atoms with van der Waals surface area (Å²) in [7, 11) is -3.88. The third-order valence-corrected chi connectivity index (χ3v) is 8.09. The lowest BCUT2D eigenvalue weighted by atomic mass is 9.91. The molecule has 10 heteroatoms. The molecule has 0 aromatic heterocycles. The summed E-state index contributed by atoms with van der Waals surface area (Å²) < 4.78 is 65.1. The van der Waals surface area contributed by atoms with Gasteiger partial charge in [0.2, 0.25) is 15.9 Å². The number of carbonyl (C=O) groups is 1. The van der Waals surface area contributed by atoms with E-state index in [1.165, 1.54) is 4.31 Å². The van der Waals surface area contributed by atoms with Gasteiger partial charge in [-0.1, -0.05) is 13.8 Å². The van der Waals surface area contributed by atoms with Crippen molar-refractivity contribution in [1.29, 1.82) is 0 Å². The predicted octanol–water partition coefficient (Wildman–Crippen LogP) is 2.90. The van der Waals surface area contributed by atoms with E-state index in [1.54, 1.807) is 0 Å². The molecule has 3 unspecified atom stereocenters. The van der Waals surface area contributed by atoms with Gasteiger partial charge in [-0.05, 0) is 49.4 Å². The largest absolute Gasteiger partial charge is 0.416 e. The lowest BCUT2D eigenvalue weighted by Gasteiger charge is -2.41. The Kier molecular flexibility index (Phi) is 7.02. The fourth-order valence-corrected chi connectivity index (χ4v) is 5.98. The smallest absolute Gasteiger partial charge is 0.341 e. The van der Waals surface area contributed by atoms with Crippen molar-refractivity contribution in [3.05, 3.63) is 29.8 Å². The van der Waals surface area contributed by atoms with Crippen LogP contribution in [0.25, 0.3) is 0 Å². The van der Waals surface area contributed by atoms with Gasteiger partial charge < -0.3 is 4.90 Å². The summed E-state index contributed by atoms with van der Waals surface area (Å²) in [6.07, 6.45) is -3.40. The van der Waals surface area contributed by atoms with Crippen LogP contribution in [0.4, 0.5) is 13.2 Å². The molecule has 2 fully saturated rings. The third kappa shape index (κ3) is 5.40. The molecule has 174 valence electrons. The van der Waals surface area contributed by atoms with Crippen molar-refractivity contribution in [3.63, 3.8) is 0 Å². The van der Waals surface area contributed by atoms with Crippen molar-refractivity contribution in [2.75, 3.05) is 39.3 Å². The zero-order valence-electron chi connectivity index (χ0n) is 18.1. The van der Waals surface area contributed by atoms with E-state index in [1.807, 2.05) is 16.7 Å². The van der Waals surface area contributed by atoms with Gasteiger partial charge in [0.25, 0.3) is 0 Å². The fraction of sp³-hybridized carbons (Fsp3) is 0.667. The first-order valence-corrected chi connectivity index (χ1v) is 12.0. The molecule has 1 amide bonds. The van der Waals surface area contributed by atoms with Crippen LogP contribution in [-0.4, -0.2) is 73.7 Å². The Balaban J connectivity index is 1.61. The summed E-state index contributed by atoms with van der Waals surface area (Å²) in [5.41, 5.74) is -0.884. The SMILES string of the molecule is CC1CC(C)CN(C(=O)C(C)N2CCN(S(=O)(=O)c3ccc(C(F)(F)F)cc3)CC2)C1. The maximum absolute atomic E-state index is 13.0. The van der Waals surface area contributed by atoms with E-state index in [0.717, 1.165) is 43.8 Å². The predicted molar refractivity (Wildman–Crippen MR) is 111 cm³/mol. The third-order valence-electron chi connectivity index (χ3n) is 6.18. The van der Waals surface area contributed by atoms with Crippen molar-refractivity contribution in [1.82, 2.24) is 14.1 Å². The van der Waals surface area contributed by atoms with Crippen LogP contribution >= 0.6 is 0 Å². The minimum atomic E-state index is -4.51. The maximum atomic E-state index is 13.0. The van der Waals surface area contributed by atoms with E-state index in [2.05, 4.69) is 13.8 Å². The minimum Gasteiger partial charge on any atom is -0.341 e. The number of amides is 1. The number of likely N-dealkylation sites (tertiary alicyclic amines) is 1. The number of hydrogen-bond donors (Lipinski definition) is 0. The first-order valence-electron chi connectivity index (χ1n) is 10.6. The molecule has 0 spiro atoms. The van der Waals surface area contributed by atoms with Gasteiger partial charge in [0.1, 0.15) is 0 Å². The molecule has 0 N–H and O–H groups in total. The van der Waals surface area contributed by atoms with Crippen LogP contribution in [0.15, 0.2) is 29.2 Å². The fourth-order valence-electron chi connectivity index (χ4n) is 4.56. The molecule has 0 saturated carbocycles. The molecule has 3 atom stereocenters. The molecule has 2 heterocycles. The standard InChI is InChI=1S/C21H30F3N3O3S/c1-15-12-16(2)14-26(13-15)20(28)17(3)25-8-10-27(11-9-25)31(29,30)19-6-4-18(5-7-19)21(22,23)24/h4-7,15-17H,8-14H2,1-3H3. The second-order valence-corrected chi connectivity index (χ2v) is 10.8. The highest BCUT2D eigenvalue weighted by Gasteiger charge is 2.35. The Morgan fingerprint density at radius 2 is 1.52 bits per heavy atom. The van der Waals surface area contributed by atoms with Gasteiger partial charge in [-0.3, -0.25) is 9.69 Å². The van der Waals surface area contributed by atoms with E-state index >= 15 is 0 Å².